The van der Waals surface area contributed by atoms with E-state index in [0.29, 0.717) is 24.3 Å². The minimum Gasteiger partial charge on any atom is -0.329 e. The van der Waals surface area contributed by atoms with Crippen molar-refractivity contribution < 1.29 is 22.5 Å². The number of anilines is 1. The third kappa shape index (κ3) is 2.99. The second kappa shape index (κ2) is 5.56. The van der Waals surface area contributed by atoms with Gasteiger partial charge in [-0.05, 0) is 30.7 Å². The monoisotopic (exact) mass is 326 g/mol. The fourth-order valence-corrected chi connectivity index (χ4v) is 2.35. The molecule has 1 aliphatic heterocycles. The van der Waals surface area contributed by atoms with Crippen molar-refractivity contribution in [2.45, 2.75) is 12.6 Å². The minimum absolute atomic E-state index is 0.108. The zero-order valence-corrected chi connectivity index (χ0v) is 12.2. The molecule has 0 bridgehead atoms. The van der Waals surface area contributed by atoms with Gasteiger partial charge < -0.3 is 9.42 Å². The van der Waals surface area contributed by atoms with Crippen molar-refractivity contribution in [3.8, 4) is 11.4 Å². The number of amides is 2. The Labute approximate surface area is 129 Å². The Bertz CT molecular complexity index is 712. The van der Waals surface area contributed by atoms with Crippen molar-refractivity contribution in [2.75, 3.05) is 25.0 Å². The van der Waals surface area contributed by atoms with Gasteiger partial charge in [-0.3, -0.25) is 4.90 Å². The van der Waals surface area contributed by atoms with Gasteiger partial charge in [0.1, 0.15) is 0 Å². The summed E-state index contributed by atoms with van der Waals surface area (Å²) in [5.41, 5.74) is 1.05. The number of hydrogen-bond acceptors (Lipinski definition) is 4. The first kappa shape index (κ1) is 15.3. The van der Waals surface area contributed by atoms with Crippen molar-refractivity contribution in [3.05, 3.63) is 30.2 Å². The van der Waals surface area contributed by atoms with Gasteiger partial charge in [-0.25, -0.2) is 4.79 Å². The normalized spacial score (nSPS) is 16.1. The number of rotatable bonds is 2. The van der Waals surface area contributed by atoms with E-state index >= 15 is 0 Å². The van der Waals surface area contributed by atoms with E-state index in [0.717, 1.165) is 6.42 Å². The smallest absolute Gasteiger partial charge is 0.329 e. The van der Waals surface area contributed by atoms with Crippen molar-refractivity contribution in [3.63, 3.8) is 0 Å². The lowest BCUT2D eigenvalue weighted by Crippen LogP contribution is -2.47. The van der Waals surface area contributed by atoms with Gasteiger partial charge >= 0.3 is 18.1 Å². The molecule has 2 aromatic rings. The average Bonchev–Trinajstić information content (AvgIpc) is 3.00. The highest BCUT2D eigenvalue weighted by molar-refractivity contribution is 5.92. The van der Waals surface area contributed by atoms with Crippen LogP contribution in [-0.4, -0.2) is 41.2 Å². The number of nitrogens with zero attached hydrogens (tertiary/aromatic N) is 4. The van der Waals surface area contributed by atoms with Gasteiger partial charge in [-0.1, -0.05) is 5.16 Å². The molecule has 0 saturated carbocycles. The molecule has 0 aliphatic carbocycles. The highest BCUT2D eigenvalue weighted by atomic mass is 19.4. The fourth-order valence-electron chi connectivity index (χ4n) is 2.35. The van der Waals surface area contributed by atoms with Crippen LogP contribution >= 0.6 is 0 Å². The van der Waals surface area contributed by atoms with Crippen LogP contribution in [0.2, 0.25) is 0 Å². The third-order valence-corrected chi connectivity index (χ3v) is 3.54. The van der Waals surface area contributed by atoms with Crippen LogP contribution in [0.25, 0.3) is 11.4 Å². The summed E-state index contributed by atoms with van der Waals surface area (Å²) in [5, 5.41) is 3.33. The van der Waals surface area contributed by atoms with Gasteiger partial charge in [0.2, 0.25) is 5.82 Å². The summed E-state index contributed by atoms with van der Waals surface area (Å²) >= 11 is 0. The Morgan fingerprint density at radius 3 is 2.48 bits per heavy atom. The molecule has 0 spiro atoms. The Balaban J connectivity index is 1.82. The minimum atomic E-state index is -4.67. The van der Waals surface area contributed by atoms with E-state index in [4.69, 9.17) is 0 Å². The zero-order valence-electron chi connectivity index (χ0n) is 12.2. The van der Waals surface area contributed by atoms with Crippen LogP contribution in [0.15, 0.2) is 28.8 Å². The molecule has 1 fully saturated rings. The van der Waals surface area contributed by atoms with E-state index in [1.165, 1.54) is 0 Å². The van der Waals surface area contributed by atoms with Crippen LogP contribution in [-0.2, 0) is 6.18 Å². The van der Waals surface area contributed by atoms with Crippen LogP contribution in [0, 0.1) is 0 Å². The van der Waals surface area contributed by atoms with E-state index in [9.17, 15) is 18.0 Å². The van der Waals surface area contributed by atoms with Crippen molar-refractivity contribution in [1.82, 2.24) is 15.0 Å². The second-order valence-corrected chi connectivity index (χ2v) is 5.18. The molecule has 6 nitrogen and oxygen atoms in total. The van der Waals surface area contributed by atoms with Gasteiger partial charge in [0, 0.05) is 31.4 Å². The summed E-state index contributed by atoms with van der Waals surface area (Å²) in [6, 6.07) is 6.30. The maximum atomic E-state index is 12.5. The summed E-state index contributed by atoms with van der Waals surface area (Å²) in [4.78, 5) is 18.6. The van der Waals surface area contributed by atoms with Gasteiger partial charge in [-0.2, -0.15) is 18.2 Å². The first-order chi connectivity index (χ1) is 10.9. The summed E-state index contributed by atoms with van der Waals surface area (Å²) in [6.07, 6.45) is -3.82. The molecular formula is C14H13F3N4O2. The fraction of sp³-hybridized carbons (Fsp3) is 0.357. The average molecular weight is 326 g/mol. The maximum Gasteiger partial charge on any atom is 0.471 e. The van der Waals surface area contributed by atoms with E-state index in [1.54, 1.807) is 41.1 Å². The highest BCUT2D eigenvalue weighted by Crippen LogP contribution is 2.30. The van der Waals surface area contributed by atoms with E-state index in [2.05, 4.69) is 14.7 Å². The van der Waals surface area contributed by atoms with E-state index in [1.807, 2.05) is 0 Å². The Kier molecular flexibility index (Phi) is 3.70. The number of alkyl halides is 3. The molecule has 2 heterocycles. The highest BCUT2D eigenvalue weighted by Gasteiger charge is 2.38. The lowest BCUT2D eigenvalue weighted by Gasteiger charge is -2.33. The molecule has 0 radical (unpaired) electrons. The Morgan fingerprint density at radius 1 is 1.17 bits per heavy atom. The predicted octanol–water partition coefficient (Wildman–Crippen LogP) is 3.02. The molecule has 122 valence electrons. The summed E-state index contributed by atoms with van der Waals surface area (Å²) in [7, 11) is 1.72. The van der Waals surface area contributed by atoms with Crippen molar-refractivity contribution in [1.29, 1.82) is 0 Å². The number of halogens is 3. The number of benzene rings is 1. The molecule has 0 unspecified atom stereocenters. The van der Waals surface area contributed by atoms with Gasteiger partial charge in [-0.15, -0.1) is 0 Å². The van der Waals surface area contributed by atoms with Crippen LogP contribution in [0.5, 0.6) is 0 Å². The van der Waals surface area contributed by atoms with E-state index in [-0.39, 0.29) is 11.9 Å². The van der Waals surface area contributed by atoms with Gasteiger partial charge in [0.25, 0.3) is 0 Å². The number of urea groups is 1. The van der Waals surface area contributed by atoms with E-state index < -0.39 is 12.1 Å². The Hall–Kier alpha value is -2.58. The first-order valence-electron chi connectivity index (χ1n) is 6.90. The molecule has 1 saturated heterocycles. The molecule has 23 heavy (non-hydrogen) atoms. The lowest BCUT2D eigenvalue weighted by molar-refractivity contribution is -0.159. The first-order valence-corrected chi connectivity index (χ1v) is 6.90. The zero-order chi connectivity index (χ0) is 16.6. The molecule has 3 rings (SSSR count). The Morgan fingerprint density at radius 2 is 1.87 bits per heavy atom. The molecule has 2 amide bonds. The number of carbonyl (C=O) groups excluding carboxylic acids is 1. The molecule has 1 aromatic carbocycles. The molecule has 1 aromatic heterocycles. The molecule has 9 heteroatoms. The SMILES string of the molecule is CN1CCCN(c2ccc(-c3noc(C(F)(F)F)n3)cc2)C1=O. The van der Waals surface area contributed by atoms with Crippen LogP contribution in [0.1, 0.15) is 12.3 Å². The maximum absolute atomic E-state index is 12.5. The number of carbonyl (C=O) groups is 1. The second-order valence-electron chi connectivity index (χ2n) is 5.18. The predicted molar refractivity (Wildman–Crippen MR) is 74.7 cm³/mol. The standard InChI is InChI=1S/C14H13F3N4O2/c1-20-7-2-8-21(13(20)22)10-5-3-9(4-6-10)11-18-12(23-19-11)14(15,16)17/h3-6H,2,7-8H2,1H3. The molecular weight excluding hydrogens is 313 g/mol. The summed E-state index contributed by atoms with van der Waals surface area (Å²) < 4.78 is 41.6. The van der Waals surface area contributed by atoms with Crippen LogP contribution in [0.4, 0.5) is 23.7 Å². The van der Waals surface area contributed by atoms with Crippen molar-refractivity contribution in [2.24, 2.45) is 0 Å². The van der Waals surface area contributed by atoms with Gasteiger partial charge in [0.15, 0.2) is 0 Å². The summed E-state index contributed by atoms with van der Waals surface area (Å²) in [5.74, 6) is -1.53. The topological polar surface area (TPSA) is 62.5 Å². The largest absolute Gasteiger partial charge is 0.471 e. The third-order valence-electron chi connectivity index (χ3n) is 3.54. The van der Waals surface area contributed by atoms with Crippen LogP contribution in [0.3, 0.4) is 0 Å². The number of hydrogen-bond donors (Lipinski definition) is 0. The quantitative estimate of drug-likeness (QED) is 0.851. The molecule has 1 aliphatic rings. The van der Waals surface area contributed by atoms with Crippen LogP contribution < -0.4 is 4.90 Å². The molecule has 0 N–H and O–H groups in total. The molecule has 0 atom stereocenters. The van der Waals surface area contributed by atoms with Crippen molar-refractivity contribution >= 4 is 11.7 Å². The number of aromatic nitrogens is 2. The summed E-state index contributed by atoms with van der Waals surface area (Å²) in [6.45, 7) is 1.31. The lowest BCUT2D eigenvalue weighted by atomic mass is 10.1. The van der Waals surface area contributed by atoms with Gasteiger partial charge in [0.05, 0.1) is 0 Å².